The molecule has 1 amide bonds. The SMILES string of the molecule is O=C(c1cn(Cc2ccccc2)nn1)N1CCC1. The van der Waals surface area contributed by atoms with Crippen LogP contribution in [0.1, 0.15) is 22.5 Å². The summed E-state index contributed by atoms with van der Waals surface area (Å²) in [6, 6.07) is 10.00. The number of carbonyl (C=O) groups is 1. The van der Waals surface area contributed by atoms with Crippen molar-refractivity contribution in [3.8, 4) is 0 Å². The normalized spacial score (nSPS) is 14.3. The minimum atomic E-state index is -0.0134. The van der Waals surface area contributed by atoms with Crippen LogP contribution in [0.25, 0.3) is 0 Å². The zero-order chi connectivity index (χ0) is 12.4. The Morgan fingerprint density at radius 3 is 2.67 bits per heavy atom. The molecule has 92 valence electrons. The van der Waals surface area contributed by atoms with Gasteiger partial charge in [0.2, 0.25) is 0 Å². The van der Waals surface area contributed by atoms with E-state index in [1.807, 2.05) is 30.3 Å². The van der Waals surface area contributed by atoms with E-state index in [2.05, 4.69) is 10.3 Å². The highest BCUT2D eigenvalue weighted by Crippen LogP contribution is 2.10. The van der Waals surface area contributed by atoms with Crippen LogP contribution in [0.5, 0.6) is 0 Å². The van der Waals surface area contributed by atoms with E-state index < -0.39 is 0 Å². The van der Waals surface area contributed by atoms with E-state index in [0.717, 1.165) is 25.1 Å². The van der Waals surface area contributed by atoms with Crippen molar-refractivity contribution in [2.75, 3.05) is 13.1 Å². The Balaban J connectivity index is 1.71. The standard InChI is InChI=1S/C13H14N4O/c18-13(16-7-4-8-16)12-10-17(15-14-12)9-11-5-2-1-3-6-11/h1-3,5-6,10H,4,7-9H2. The summed E-state index contributed by atoms with van der Waals surface area (Å²) in [5, 5.41) is 7.93. The quantitative estimate of drug-likeness (QED) is 0.812. The van der Waals surface area contributed by atoms with Crippen LogP contribution in [-0.4, -0.2) is 38.9 Å². The van der Waals surface area contributed by atoms with E-state index >= 15 is 0 Å². The molecule has 1 saturated heterocycles. The third-order valence-electron chi connectivity index (χ3n) is 3.09. The summed E-state index contributed by atoms with van der Waals surface area (Å²) < 4.78 is 1.70. The number of rotatable bonds is 3. The fraction of sp³-hybridized carbons (Fsp3) is 0.308. The van der Waals surface area contributed by atoms with Crippen LogP contribution in [0.2, 0.25) is 0 Å². The lowest BCUT2D eigenvalue weighted by atomic mass is 10.2. The summed E-state index contributed by atoms with van der Waals surface area (Å²) in [4.78, 5) is 13.7. The average molecular weight is 242 g/mol. The number of aromatic nitrogens is 3. The van der Waals surface area contributed by atoms with Gasteiger partial charge in [0.25, 0.3) is 5.91 Å². The molecule has 5 heteroatoms. The molecule has 0 radical (unpaired) electrons. The van der Waals surface area contributed by atoms with Crippen molar-refractivity contribution in [1.82, 2.24) is 19.9 Å². The molecule has 1 aromatic carbocycles. The predicted octanol–water partition coefficient (Wildman–Crippen LogP) is 1.17. The van der Waals surface area contributed by atoms with E-state index in [1.165, 1.54) is 0 Å². The summed E-state index contributed by atoms with van der Waals surface area (Å²) in [6.45, 7) is 2.32. The first-order valence-corrected chi connectivity index (χ1v) is 6.06. The second-order valence-corrected chi connectivity index (χ2v) is 4.43. The zero-order valence-electron chi connectivity index (χ0n) is 9.99. The van der Waals surface area contributed by atoms with Crippen LogP contribution < -0.4 is 0 Å². The first kappa shape index (κ1) is 11.0. The topological polar surface area (TPSA) is 51.0 Å². The maximum absolute atomic E-state index is 11.9. The second-order valence-electron chi connectivity index (χ2n) is 4.43. The van der Waals surface area contributed by atoms with Crippen LogP contribution in [0, 0.1) is 0 Å². The van der Waals surface area contributed by atoms with Crippen molar-refractivity contribution in [3.05, 3.63) is 47.8 Å². The van der Waals surface area contributed by atoms with Crippen LogP contribution >= 0.6 is 0 Å². The minimum absolute atomic E-state index is 0.0134. The van der Waals surface area contributed by atoms with Gasteiger partial charge < -0.3 is 4.90 Å². The molecular weight excluding hydrogens is 228 g/mol. The molecule has 0 atom stereocenters. The Bertz CT molecular complexity index is 545. The molecule has 0 aliphatic carbocycles. The molecule has 1 aliphatic heterocycles. The van der Waals surface area contributed by atoms with Gasteiger partial charge in [-0.1, -0.05) is 35.5 Å². The van der Waals surface area contributed by atoms with E-state index in [1.54, 1.807) is 15.8 Å². The molecule has 2 aromatic rings. The summed E-state index contributed by atoms with van der Waals surface area (Å²) in [6.07, 6.45) is 2.80. The highest BCUT2D eigenvalue weighted by Gasteiger charge is 2.23. The van der Waals surface area contributed by atoms with E-state index in [4.69, 9.17) is 0 Å². The number of benzene rings is 1. The van der Waals surface area contributed by atoms with Gasteiger partial charge in [0, 0.05) is 13.1 Å². The van der Waals surface area contributed by atoms with E-state index in [9.17, 15) is 4.79 Å². The first-order chi connectivity index (χ1) is 8.83. The molecule has 2 heterocycles. The Morgan fingerprint density at radius 1 is 1.22 bits per heavy atom. The number of amides is 1. The minimum Gasteiger partial charge on any atom is -0.337 e. The molecule has 18 heavy (non-hydrogen) atoms. The van der Waals surface area contributed by atoms with Crippen LogP contribution in [0.15, 0.2) is 36.5 Å². The molecule has 1 aromatic heterocycles. The monoisotopic (exact) mass is 242 g/mol. The Hall–Kier alpha value is -2.17. The lowest BCUT2D eigenvalue weighted by Crippen LogP contribution is -2.42. The molecule has 0 N–H and O–H groups in total. The van der Waals surface area contributed by atoms with Crippen LogP contribution in [0.4, 0.5) is 0 Å². The highest BCUT2D eigenvalue weighted by molar-refractivity contribution is 5.92. The predicted molar refractivity (Wildman–Crippen MR) is 66.1 cm³/mol. The van der Waals surface area contributed by atoms with Gasteiger partial charge in [0.15, 0.2) is 5.69 Å². The van der Waals surface area contributed by atoms with Crippen molar-refractivity contribution >= 4 is 5.91 Å². The van der Waals surface area contributed by atoms with Gasteiger partial charge in [0.05, 0.1) is 12.7 Å². The molecule has 3 rings (SSSR count). The van der Waals surface area contributed by atoms with Crippen molar-refractivity contribution < 1.29 is 4.79 Å². The van der Waals surface area contributed by atoms with Gasteiger partial charge in [-0.25, -0.2) is 4.68 Å². The Labute approximate surface area is 105 Å². The van der Waals surface area contributed by atoms with Crippen molar-refractivity contribution in [2.24, 2.45) is 0 Å². The van der Waals surface area contributed by atoms with Crippen molar-refractivity contribution in [2.45, 2.75) is 13.0 Å². The molecule has 0 spiro atoms. The first-order valence-electron chi connectivity index (χ1n) is 6.06. The van der Waals surface area contributed by atoms with Gasteiger partial charge in [-0.3, -0.25) is 4.79 Å². The number of nitrogens with zero attached hydrogens (tertiary/aromatic N) is 4. The fourth-order valence-electron chi connectivity index (χ4n) is 1.93. The molecule has 1 fully saturated rings. The second kappa shape index (κ2) is 4.60. The van der Waals surface area contributed by atoms with E-state index in [-0.39, 0.29) is 5.91 Å². The Kier molecular flexibility index (Phi) is 2.80. The van der Waals surface area contributed by atoms with Crippen LogP contribution in [-0.2, 0) is 6.54 Å². The van der Waals surface area contributed by atoms with Crippen molar-refractivity contribution in [3.63, 3.8) is 0 Å². The third kappa shape index (κ3) is 2.11. The summed E-state index contributed by atoms with van der Waals surface area (Å²) in [5.74, 6) is -0.0134. The molecule has 1 aliphatic rings. The molecule has 5 nitrogen and oxygen atoms in total. The van der Waals surface area contributed by atoms with Crippen molar-refractivity contribution in [1.29, 1.82) is 0 Å². The largest absolute Gasteiger partial charge is 0.337 e. The number of likely N-dealkylation sites (tertiary alicyclic amines) is 1. The third-order valence-corrected chi connectivity index (χ3v) is 3.09. The fourth-order valence-corrected chi connectivity index (χ4v) is 1.93. The summed E-state index contributed by atoms with van der Waals surface area (Å²) in [7, 11) is 0. The molecule has 0 unspecified atom stereocenters. The van der Waals surface area contributed by atoms with E-state index in [0.29, 0.717) is 12.2 Å². The maximum atomic E-state index is 11.9. The molecular formula is C13H14N4O. The summed E-state index contributed by atoms with van der Waals surface area (Å²) in [5.41, 5.74) is 1.58. The molecule has 0 bridgehead atoms. The van der Waals surface area contributed by atoms with Crippen LogP contribution in [0.3, 0.4) is 0 Å². The van der Waals surface area contributed by atoms with Gasteiger partial charge in [-0.2, -0.15) is 0 Å². The number of hydrogen-bond donors (Lipinski definition) is 0. The molecule has 0 saturated carbocycles. The summed E-state index contributed by atoms with van der Waals surface area (Å²) >= 11 is 0. The number of hydrogen-bond acceptors (Lipinski definition) is 3. The van der Waals surface area contributed by atoms with Gasteiger partial charge in [-0.15, -0.1) is 5.10 Å². The van der Waals surface area contributed by atoms with Gasteiger partial charge in [0.1, 0.15) is 0 Å². The smallest absolute Gasteiger partial charge is 0.276 e. The average Bonchev–Trinajstić information content (AvgIpc) is 2.76. The number of carbonyl (C=O) groups excluding carboxylic acids is 1. The maximum Gasteiger partial charge on any atom is 0.276 e. The lowest BCUT2D eigenvalue weighted by molar-refractivity contribution is 0.0645. The van der Waals surface area contributed by atoms with Gasteiger partial charge in [-0.05, 0) is 12.0 Å². The zero-order valence-corrected chi connectivity index (χ0v) is 9.99. The van der Waals surface area contributed by atoms with Gasteiger partial charge >= 0.3 is 0 Å². The highest BCUT2D eigenvalue weighted by atomic mass is 16.2. The Morgan fingerprint density at radius 2 is 2.00 bits per heavy atom. The lowest BCUT2D eigenvalue weighted by Gasteiger charge is -2.29.